The van der Waals surface area contributed by atoms with Crippen LogP contribution in [0.1, 0.15) is 32.1 Å². The molecule has 1 saturated carbocycles. The molecule has 1 aromatic carbocycles. The fourth-order valence-electron chi connectivity index (χ4n) is 2.53. The first kappa shape index (κ1) is 17.1. The Bertz CT molecular complexity index is 506. The van der Waals surface area contributed by atoms with E-state index in [0.717, 1.165) is 17.7 Å². The Hall–Kier alpha value is -1.31. The quantitative estimate of drug-likeness (QED) is 0.527. The van der Waals surface area contributed by atoms with Gasteiger partial charge in [0.15, 0.2) is 0 Å². The summed E-state index contributed by atoms with van der Waals surface area (Å²) in [5.74, 6) is 0. The normalized spacial score (nSPS) is 17.2. The number of nitro groups is 1. The molecule has 0 aromatic heterocycles. The topological polar surface area (TPSA) is 95.6 Å². The van der Waals surface area contributed by atoms with Gasteiger partial charge in [0.25, 0.3) is 5.69 Å². The van der Waals surface area contributed by atoms with Crippen molar-refractivity contribution in [3.8, 4) is 0 Å². The molecule has 0 bridgehead atoms. The van der Waals surface area contributed by atoms with Gasteiger partial charge >= 0.3 is 0 Å². The molecule has 0 heterocycles. The Morgan fingerprint density at radius 1 is 1.32 bits per heavy atom. The highest BCUT2D eigenvalue weighted by Crippen LogP contribution is 2.36. The third-order valence-corrected chi connectivity index (χ3v) is 5.02. The number of rotatable bonds is 7. The third kappa shape index (κ3) is 5.15. The molecule has 0 aliphatic heterocycles. The van der Waals surface area contributed by atoms with Gasteiger partial charge in [-0.25, -0.2) is 0 Å². The molecule has 1 fully saturated rings. The van der Waals surface area contributed by atoms with E-state index < -0.39 is 11.0 Å². The lowest BCUT2D eigenvalue weighted by molar-refractivity contribution is -0.385. The minimum Gasteiger partial charge on any atom is -0.394 e. The van der Waals surface area contributed by atoms with Crippen molar-refractivity contribution in [3.05, 3.63) is 28.3 Å². The van der Waals surface area contributed by atoms with Crippen molar-refractivity contribution in [1.82, 2.24) is 0 Å². The lowest BCUT2D eigenvalue weighted by Gasteiger charge is -2.21. The van der Waals surface area contributed by atoms with Crippen molar-refractivity contribution in [2.75, 3.05) is 18.5 Å². The second-order valence-electron chi connectivity index (χ2n) is 5.57. The lowest BCUT2D eigenvalue weighted by atomic mass is 10.0. The Morgan fingerprint density at radius 3 is 2.68 bits per heavy atom. The number of nitro benzene ring substituents is 1. The number of non-ortho nitro benzene ring substituents is 1. The zero-order chi connectivity index (χ0) is 15.9. The molecule has 0 saturated heterocycles. The molecule has 6 nitrogen and oxygen atoms in total. The molecule has 7 heteroatoms. The molecule has 0 radical (unpaired) electrons. The van der Waals surface area contributed by atoms with E-state index in [-0.39, 0.29) is 18.8 Å². The van der Waals surface area contributed by atoms with Crippen LogP contribution in [-0.2, 0) is 0 Å². The zero-order valence-electron chi connectivity index (χ0n) is 12.4. The van der Waals surface area contributed by atoms with Crippen molar-refractivity contribution in [1.29, 1.82) is 0 Å². The molecule has 122 valence electrons. The summed E-state index contributed by atoms with van der Waals surface area (Å²) in [6.07, 6.45) is 5.14. The summed E-state index contributed by atoms with van der Waals surface area (Å²) in [4.78, 5) is 11.5. The SMILES string of the molecule is O=[N+]([O-])c1cc(NCC(O)CO)cc(SC2CCCCC2)c1. The van der Waals surface area contributed by atoms with E-state index in [1.54, 1.807) is 17.8 Å². The molecule has 1 unspecified atom stereocenters. The Morgan fingerprint density at radius 2 is 2.05 bits per heavy atom. The minimum absolute atomic E-state index is 0.0433. The third-order valence-electron chi connectivity index (χ3n) is 3.71. The van der Waals surface area contributed by atoms with Crippen LogP contribution in [0.4, 0.5) is 11.4 Å². The van der Waals surface area contributed by atoms with Crippen molar-refractivity contribution >= 4 is 23.1 Å². The van der Waals surface area contributed by atoms with E-state index in [9.17, 15) is 15.2 Å². The molecular formula is C15H22N2O4S. The summed E-state index contributed by atoms with van der Waals surface area (Å²) in [5, 5.41) is 32.7. The highest BCUT2D eigenvalue weighted by atomic mass is 32.2. The maximum absolute atomic E-state index is 11.1. The average molecular weight is 326 g/mol. The minimum atomic E-state index is -0.881. The van der Waals surface area contributed by atoms with Gasteiger partial charge < -0.3 is 15.5 Å². The van der Waals surface area contributed by atoms with Gasteiger partial charge in [-0.2, -0.15) is 0 Å². The van der Waals surface area contributed by atoms with Gasteiger partial charge in [-0.1, -0.05) is 19.3 Å². The molecule has 0 amide bonds. The fourth-order valence-corrected chi connectivity index (χ4v) is 3.87. The van der Waals surface area contributed by atoms with Gasteiger partial charge in [-0.05, 0) is 18.9 Å². The van der Waals surface area contributed by atoms with Crippen LogP contribution in [0, 0.1) is 10.1 Å². The number of aliphatic hydroxyl groups is 2. The fraction of sp³-hybridized carbons (Fsp3) is 0.600. The van der Waals surface area contributed by atoms with Gasteiger partial charge in [0.1, 0.15) is 0 Å². The van der Waals surface area contributed by atoms with Crippen molar-refractivity contribution in [2.24, 2.45) is 0 Å². The predicted molar refractivity (Wildman–Crippen MR) is 87.4 cm³/mol. The van der Waals surface area contributed by atoms with E-state index in [1.165, 1.54) is 25.3 Å². The van der Waals surface area contributed by atoms with Crippen LogP contribution in [0.5, 0.6) is 0 Å². The average Bonchev–Trinajstić information content (AvgIpc) is 2.53. The van der Waals surface area contributed by atoms with Crippen molar-refractivity contribution < 1.29 is 15.1 Å². The first-order valence-corrected chi connectivity index (χ1v) is 8.45. The Balaban J connectivity index is 2.09. The van der Waals surface area contributed by atoms with E-state index >= 15 is 0 Å². The summed E-state index contributed by atoms with van der Waals surface area (Å²) < 4.78 is 0. The molecule has 1 aromatic rings. The van der Waals surface area contributed by atoms with Crippen molar-refractivity contribution in [3.63, 3.8) is 0 Å². The summed E-state index contributed by atoms with van der Waals surface area (Å²) in [5.41, 5.74) is 0.641. The van der Waals surface area contributed by atoms with Gasteiger partial charge in [-0.3, -0.25) is 10.1 Å². The largest absolute Gasteiger partial charge is 0.394 e. The van der Waals surface area contributed by atoms with Crippen LogP contribution < -0.4 is 5.32 Å². The van der Waals surface area contributed by atoms with Gasteiger partial charge in [0, 0.05) is 34.5 Å². The van der Waals surface area contributed by atoms with Gasteiger partial charge in [0.05, 0.1) is 17.6 Å². The first-order chi connectivity index (χ1) is 10.6. The number of nitrogens with zero attached hydrogens (tertiary/aromatic N) is 1. The molecular weight excluding hydrogens is 304 g/mol. The molecule has 1 aliphatic rings. The second kappa shape index (κ2) is 8.36. The molecule has 1 atom stereocenters. The van der Waals surface area contributed by atoms with E-state index in [2.05, 4.69) is 5.32 Å². The van der Waals surface area contributed by atoms with E-state index in [4.69, 9.17) is 5.11 Å². The van der Waals surface area contributed by atoms with Crippen LogP contribution >= 0.6 is 11.8 Å². The van der Waals surface area contributed by atoms with E-state index in [0.29, 0.717) is 10.9 Å². The lowest BCUT2D eigenvalue weighted by Crippen LogP contribution is -2.22. The van der Waals surface area contributed by atoms with Gasteiger partial charge in [0.2, 0.25) is 0 Å². The number of benzene rings is 1. The van der Waals surface area contributed by atoms with Crippen LogP contribution in [0.2, 0.25) is 0 Å². The van der Waals surface area contributed by atoms with Crippen LogP contribution in [-0.4, -0.2) is 39.6 Å². The number of thioether (sulfide) groups is 1. The number of hydrogen-bond acceptors (Lipinski definition) is 6. The second-order valence-corrected chi connectivity index (χ2v) is 6.94. The molecule has 2 rings (SSSR count). The molecule has 1 aliphatic carbocycles. The predicted octanol–water partition coefficient (Wildman–Crippen LogP) is 2.78. The molecule has 0 spiro atoms. The summed E-state index contributed by atoms with van der Waals surface area (Å²) >= 11 is 1.69. The van der Waals surface area contributed by atoms with E-state index in [1.807, 2.05) is 6.07 Å². The highest BCUT2D eigenvalue weighted by Gasteiger charge is 2.17. The monoisotopic (exact) mass is 326 g/mol. The number of nitrogens with one attached hydrogen (secondary N) is 1. The highest BCUT2D eigenvalue weighted by molar-refractivity contribution is 8.00. The first-order valence-electron chi connectivity index (χ1n) is 7.57. The van der Waals surface area contributed by atoms with Crippen LogP contribution in [0.25, 0.3) is 0 Å². The molecule has 3 N–H and O–H groups in total. The number of anilines is 1. The standard InChI is InChI=1S/C15H22N2O4S/c18-10-13(19)9-16-11-6-12(17(20)21)8-15(7-11)22-14-4-2-1-3-5-14/h6-8,13-14,16,18-19H,1-5,9-10H2. The summed E-state index contributed by atoms with van der Waals surface area (Å²) in [6, 6.07) is 4.93. The molecule has 22 heavy (non-hydrogen) atoms. The Labute approximate surface area is 134 Å². The maximum Gasteiger partial charge on any atom is 0.272 e. The summed E-state index contributed by atoms with van der Waals surface area (Å²) in [7, 11) is 0. The van der Waals surface area contributed by atoms with Crippen LogP contribution in [0.15, 0.2) is 23.1 Å². The summed E-state index contributed by atoms with van der Waals surface area (Å²) in [6.45, 7) is -0.184. The van der Waals surface area contributed by atoms with Crippen molar-refractivity contribution in [2.45, 2.75) is 48.4 Å². The number of hydrogen-bond donors (Lipinski definition) is 3. The smallest absolute Gasteiger partial charge is 0.272 e. The van der Waals surface area contributed by atoms with Gasteiger partial charge in [-0.15, -0.1) is 11.8 Å². The maximum atomic E-state index is 11.1. The zero-order valence-corrected chi connectivity index (χ0v) is 13.2. The number of aliphatic hydroxyl groups excluding tert-OH is 2. The van der Waals surface area contributed by atoms with Crippen LogP contribution in [0.3, 0.4) is 0 Å². The Kier molecular flexibility index (Phi) is 6.48.